The maximum absolute atomic E-state index is 5.95. The lowest BCUT2D eigenvalue weighted by molar-refractivity contribution is -0.00805. The topological polar surface area (TPSA) is 72.5 Å². The van der Waals surface area contributed by atoms with Gasteiger partial charge in [-0.05, 0) is 20.8 Å². The highest BCUT2D eigenvalue weighted by molar-refractivity contribution is 5.80. The molecule has 0 bridgehead atoms. The Labute approximate surface area is 154 Å². The molecule has 3 rings (SSSR count). The van der Waals surface area contributed by atoms with Crippen molar-refractivity contribution in [3.05, 3.63) is 34.9 Å². The summed E-state index contributed by atoms with van der Waals surface area (Å²) < 4.78 is 9.68. The lowest BCUT2D eigenvalue weighted by Gasteiger charge is -2.34. The number of guanidine groups is 1. The predicted molar refractivity (Wildman–Crippen MR) is 101 cm³/mol. The van der Waals surface area contributed by atoms with Gasteiger partial charge in [0.05, 0.1) is 31.6 Å². The largest absolute Gasteiger partial charge is 0.370 e. The Balaban J connectivity index is 1.75. The third kappa shape index (κ3) is 3.90. The number of aromatic nitrogens is 4. The lowest BCUT2D eigenvalue weighted by Crippen LogP contribution is -2.48. The second kappa shape index (κ2) is 7.90. The van der Waals surface area contributed by atoms with E-state index in [4.69, 9.17) is 9.73 Å². The zero-order valence-corrected chi connectivity index (χ0v) is 16.4. The molecule has 142 valence electrons. The molecule has 8 nitrogen and oxygen atoms in total. The summed E-state index contributed by atoms with van der Waals surface area (Å²) in [5.41, 5.74) is 4.50. The van der Waals surface area contributed by atoms with Crippen LogP contribution in [-0.2, 0) is 25.4 Å². The number of nitrogens with zero attached hydrogens (tertiary/aromatic N) is 6. The molecule has 1 atom stereocenters. The molecule has 1 saturated heterocycles. The van der Waals surface area contributed by atoms with Crippen LogP contribution in [0, 0.1) is 13.8 Å². The Morgan fingerprint density at radius 2 is 2.19 bits per heavy atom. The van der Waals surface area contributed by atoms with Gasteiger partial charge in [-0.15, -0.1) is 0 Å². The van der Waals surface area contributed by atoms with E-state index in [9.17, 15) is 0 Å². The summed E-state index contributed by atoms with van der Waals surface area (Å²) in [6, 6.07) is 0. The summed E-state index contributed by atoms with van der Waals surface area (Å²) >= 11 is 0. The number of nitrogens with one attached hydrogen (secondary N) is 1. The van der Waals surface area contributed by atoms with E-state index in [0.717, 1.165) is 42.5 Å². The fourth-order valence-electron chi connectivity index (χ4n) is 3.28. The van der Waals surface area contributed by atoms with Gasteiger partial charge in [-0.1, -0.05) is 0 Å². The van der Waals surface area contributed by atoms with E-state index < -0.39 is 0 Å². The Bertz CT molecular complexity index is 777. The number of ether oxygens (including phenoxy) is 1. The van der Waals surface area contributed by atoms with Gasteiger partial charge in [0.15, 0.2) is 5.96 Å². The van der Waals surface area contributed by atoms with Crippen molar-refractivity contribution in [2.45, 2.75) is 33.4 Å². The van der Waals surface area contributed by atoms with Gasteiger partial charge in [-0.3, -0.25) is 9.36 Å². The van der Waals surface area contributed by atoms with E-state index in [0.29, 0.717) is 13.2 Å². The Morgan fingerprint density at radius 1 is 1.38 bits per heavy atom. The fourth-order valence-corrected chi connectivity index (χ4v) is 3.28. The zero-order chi connectivity index (χ0) is 18.7. The molecule has 8 heteroatoms. The van der Waals surface area contributed by atoms with Crippen LogP contribution in [0.5, 0.6) is 0 Å². The van der Waals surface area contributed by atoms with Crippen molar-refractivity contribution in [3.63, 3.8) is 0 Å². The van der Waals surface area contributed by atoms with E-state index in [1.165, 1.54) is 5.56 Å². The molecule has 0 radical (unpaired) electrons. The van der Waals surface area contributed by atoms with E-state index in [1.807, 2.05) is 42.8 Å². The molecule has 0 amide bonds. The first-order valence-corrected chi connectivity index (χ1v) is 9.12. The molecule has 0 spiro atoms. The van der Waals surface area contributed by atoms with Gasteiger partial charge in [0.1, 0.15) is 6.10 Å². The highest BCUT2D eigenvalue weighted by Crippen LogP contribution is 2.22. The van der Waals surface area contributed by atoms with Crippen molar-refractivity contribution >= 4 is 5.96 Å². The van der Waals surface area contributed by atoms with Crippen LogP contribution >= 0.6 is 0 Å². The van der Waals surface area contributed by atoms with Crippen molar-refractivity contribution < 1.29 is 4.74 Å². The number of hydrogen-bond acceptors (Lipinski definition) is 4. The summed E-state index contributed by atoms with van der Waals surface area (Å²) in [7, 11) is 3.90. The first kappa shape index (κ1) is 18.4. The van der Waals surface area contributed by atoms with Crippen LogP contribution in [-0.4, -0.2) is 56.7 Å². The monoisotopic (exact) mass is 359 g/mol. The van der Waals surface area contributed by atoms with Crippen molar-refractivity contribution in [2.24, 2.45) is 19.1 Å². The average molecular weight is 359 g/mol. The van der Waals surface area contributed by atoms with E-state index in [1.54, 1.807) is 0 Å². The van der Waals surface area contributed by atoms with E-state index >= 15 is 0 Å². The molecule has 1 unspecified atom stereocenters. The van der Waals surface area contributed by atoms with Gasteiger partial charge in [-0.25, -0.2) is 4.99 Å². The number of hydrogen-bond donors (Lipinski definition) is 1. The van der Waals surface area contributed by atoms with Gasteiger partial charge in [-0.2, -0.15) is 10.2 Å². The van der Waals surface area contributed by atoms with Crippen molar-refractivity contribution in [1.82, 2.24) is 29.8 Å². The highest BCUT2D eigenvalue weighted by atomic mass is 16.5. The number of aryl methyl sites for hydroxylation is 3. The zero-order valence-electron chi connectivity index (χ0n) is 16.4. The van der Waals surface area contributed by atoms with Crippen LogP contribution in [0.25, 0.3) is 0 Å². The first-order valence-electron chi connectivity index (χ1n) is 9.12. The summed E-state index contributed by atoms with van der Waals surface area (Å²) in [6.07, 6.45) is 3.91. The Kier molecular flexibility index (Phi) is 5.61. The van der Waals surface area contributed by atoms with Crippen molar-refractivity contribution in [1.29, 1.82) is 0 Å². The molecular formula is C18H29N7O. The predicted octanol–water partition coefficient (Wildman–Crippen LogP) is 1.31. The molecule has 26 heavy (non-hydrogen) atoms. The molecule has 1 N–H and O–H groups in total. The lowest BCUT2D eigenvalue weighted by atomic mass is 10.1. The summed E-state index contributed by atoms with van der Waals surface area (Å²) in [6.45, 7) is 9.95. The fraction of sp³-hybridized carbons (Fsp3) is 0.611. The Hall–Kier alpha value is -2.35. The van der Waals surface area contributed by atoms with E-state index in [-0.39, 0.29) is 6.10 Å². The van der Waals surface area contributed by atoms with Crippen LogP contribution < -0.4 is 5.32 Å². The van der Waals surface area contributed by atoms with Crippen LogP contribution in [0.15, 0.2) is 17.4 Å². The average Bonchev–Trinajstić information content (AvgIpc) is 3.16. The molecule has 3 heterocycles. The summed E-state index contributed by atoms with van der Waals surface area (Å²) in [5, 5.41) is 12.2. The maximum Gasteiger partial charge on any atom is 0.194 e. The van der Waals surface area contributed by atoms with Crippen LogP contribution in [0.1, 0.15) is 35.5 Å². The van der Waals surface area contributed by atoms with E-state index in [2.05, 4.69) is 34.3 Å². The number of rotatable bonds is 4. The minimum Gasteiger partial charge on any atom is -0.370 e. The number of aliphatic imine (C=N–C) groups is 1. The smallest absolute Gasteiger partial charge is 0.194 e. The molecule has 2 aromatic rings. The van der Waals surface area contributed by atoms with Gasteiger partial charge in [0.25, 0.3) is 0 Å². The van der Waals surface area contributed by atoms with Gasteiger partial charge in [0, 0.05) is 50.2 Å². The quantitative estimate of drug-likeness (QED) is 0.658. The van der Waals surface area contributed by atoms with Crippen molar-refractivity contribution in [3.8, 4) is 0 Å². The Morgan fingerprint density at radius 3 is 2.81 bits per heavy atom. The van der Waals surface area contributed by atoms with Gasteiger partial charge >= 0.3 is 0 Å². The molecule has 0 saturated carbocycles. The summed E-state index contributed by atoms with van der Waals surface area (Å²) in [4.78, 5) is 7.15. The third-order valence-corrected chi connectivity index (χ3v) is 4.84. The normalized spacial score (nSPS) is 18.4. The molecule has 0 aliphatic carbocycles. The second-order valence-electron chi connectivity index (χ2n) is 6.70. The summed E-state index contributed by atoms with van der Waals surface area (Å²) in [5.74, 6) is 0.923. The van der Waals surface area contributed by atoms with Gasteiger partial charge in [0.2, 0.25) is 0 Å². The maximum atomic E-state index is 5.95. The minimum atomic E-state index is 0.0168. The standard InChI is InChI=1S/C18H29N7O/c1-6-19-18(20-10-16-13(2)22-24(5)14(16)3)25-7-8-26-17(12-25)15-9-21-23(4)11-15/h9,11,17H,6-8,10,12H2,1-5H3,(H,19,20). The molecule has 2 aromatic heterocycles. The minimum absolute atomic E-state index is 0.0168. The first-order chi connectivity index (χ1) is 12.5. The molecule has 1 fully saturated rings. The van der Waals surface area contributed by atoms with Crippen molar-refractivity contribution in [2.75, 3.05) is 26.2 Å². The SMILES string of the molecule is CCNC(=NCc1c(C)nn(C)c1C)N1CCOC(c2cnn(C)c2)C1. The highest BCUT2D eigenvalue weighted by Gasteiger charge is 2.25. The second-order valence-corrected chi connectivity index (χ2v) is 6.70. The molecule has 0 aromatic carbocycles. The van der Waals surface area contributed by atoms with Gasteiger partial charge < -0.3 is 15.0 Å². The van der Waals surface area contributed by atoms with Crippen LogP contribution in [0.4, 0.5) is 0 Å². The molecule has 1 aliphatic rings. The molecule has 1 aliphatic heterocycles. The number of morpholine rings is 1. The van der Waals surface area contributed by atoms with Crippen LogP contribution in [0.3, 0.4) is 0 Å². The van der Waals surface area contributed by atoms with Crippen LogP contribution in [0.2, 0.25) is 0 Å². The molecular weight excluding hydrogens is 330 g/mol. The third-order valence-electron chi connectivity index (χ3n) is 4.84.